The van der Waals surface area contributed by atoms with Crippen LogP contribution in [0.15, 0.2) is 34.9 Å². The van der Waals surface area contributed by atoms with Crippen LogP contribution in [0.5, 0.6) is 0 Å². The number of esters is 1. The van der Waals surface area contributed by atoms with Crippen molar-refractivity contribution >= 4 is 5.97 Å². The molecule has 0 amide bonds. The van der Waals surface area contributed by atoms with E-state index in [1.54, 1.807) is 6.08 Å². The molecule has 0 aliphatic heterocycles. The summed E-state index contributed by atoms with van der Waals surface area (Å²) in [6.07, 6.45) is 10.7. The van der Waals surface area contributed by atoms with E-state index in [9.17, 15) is 4.79 Å². The first kappa shape index (κ1) is 13.8. The van der Waals surface area contributed by atoms with Crippen molar-refractivity contribution in [2.75, 3.05) is 6.61 Å². The van der Waals surface area contributed by atoms with Gasteiger partial charge >= 0.3 is 5.97 Å². The van der Waals surface area contributed by atoms with Crippen LogP contribution in [0.4, 0.5) is 0 Å². The Labute approximate surface area is 104 Å². The Morgan fingerprint density at radius 2 is 1.94 bits per heavy atom. The molecule has 1 aliphatic rings. The molecule has 1 saturated carbocycles. The van der Waals surface area contributed by atoms with E-state index in [2.05, 4.69) is 19.1 Å². The first-order valence-electron chi connectivity index (χ1n) is 6.38. The third-order valence-corrected chi connectivity index (χ3v) is 2.94. The van der Waals surface area contributed by atoms with E-state index >= 15 is 0 Å². The number of carbonyl (C=O) groups is 1. The molecule has 0 spiro atoms. The van der Waals surface area contributed by atoms with Gasteiger partial charge in [-0.05, 0) is 63.2 Å². The molecule has 0 heterocycles. The van der Waals surface area contributed by atoms with Crippen LogP contribution < -0.4 is 0 Å². The zero-order valence-electron chi connectivity index (χ0n) is 11.1. The van der Waals surface area contributed by atoms with Crippen LogP contribution in [-0.2, 0) is 9.53 Å². The predicted molar refractivity (Wildman–Crippen MR) is 70.7 cm³/mol. The summed E-state index contributed by atoms with van der Waals surface area (Å²) >= 11 is 0. The maximum Gasteiger partial charge on any atom is 0.330 e. The minimum atomic E-state index is -0.250. The minimum absolute atomic E-state index is 0.250. The molecule has 1 aliphatic carbocycles. The van der Waals surface area contributed by atoms with E-state index in [4.69, 9.17) is 4.74 Å². The molecule has 2 nitrogen and oxygen atoms in total. The van der Waals surface area contributed by atoms with Gasteiger partial charge in [0.25, 0.3) is 0 Å². The van der Waals surface area contributed by atoms with Gasteiger partial charge in [0.2, 0.25) is 0 Å². The Morgan fingerprint density at radius 1 is 1.29 bits per heavy atom. The summed E-state index contributed by atoms with van der Waals surface area (Å²) in [6, 6.07) is 0. The average molecular weight is 234 g/mol. The lowest BCUT2D eigenvalue weighted by Gasteiger charge is -2.18. The maximum absolute atomic E-state index is 11.3. The van der Waals surface area contributed by atoms with Crippen LogP contribution in [0.1, 0.15) is 46.5 Å². The fourth-order valence-electron chi connectivity index (χ4n) is 2.13. The van der Waals surface area contributed by atoms with E-state index in [0.717, 1.165) is 18.4 Å². The lowest BCUT2D eigenvalue weighted by molar-refractivity contribution is -0.137. The highest BCUT2D eigenvalue weighted by molar-refractivity contribution is 5.83. The minimum Gasteiger partial charge on any atom is -0.463 e. The van der Waals surface area contributed by atoms with Gasteiger partial charge in [0, 0.05) is 6.08 Å². The van der Waals surface area contributed by atoms with Gasteiger partial charge in [0.15, 0.2) is 0 Å². The van der Waals surface area contributed by atoms with Crippen molar-refractivity contribution in [1.29, 1.82) is 0 Å². The Bertz CT molecular complexity index is 359. The summed E-state index contributed by atoms with van der Waals surface area (Å²) in [5.74, 6) is -0.250. The molecule has 0 radical (unpaired) electrons. The monoisotopic (exact) mass is 234 g/mol. The van der Waals surface area contributed by atoms with Crippen molar-refractivity contribution in [2.24, 2.45) is 0 Å². The molecule has 0 aromatic heterocycles. The zero-order valence-corrected chi connectivity index (χ0v) is 11.1. The number of ether oxygens (including phenoxy) is 1. The quantitative estimate of drug-likeness (QED) is 0.546. The Hall–Kier alpha value is -1.31. The van der Waals surface area contributed by atoms with E-state index in [-0.39, 0.29) is 5.97 Å². The standard InChI is InChI=1S/C15H22O2/c1-4-13-8-6-7-9-14(13)10-12(3)11-15(16)17-5-2/h4,10-11H,5-9H2,1-3H3/b12-11+,13-4+,14-10+. The highest BCUT2D eigenvalue weighted by Crippen LogP contribution is 2.29. The van der Waals surface area contributed by atoms with Crippen molar-refractivity contribution < 1.29 is 9.53 Å². The largest absolute Gasteiger partial charge is 0.463 e. The molecule has 0 atom stereocenters. The smallest absolute Gasteiger partial charge is 0.330 e. The molecule has 2 heteroatoms. The molecule has 0 aromatic carbocycles. The second-order valence-electron chi connectivity index (χ2n) is 4.33. The van der Waals surface area contributed by atoms with Crippen LogP contribution in [0.3, 0.4) is 0 Å². The van der Waals surface area contributed by atoms with Gasteiger partial charge in [0.05, 0.1) is 6.61 Å². The molecule has 1 fully saturated rings. The van der Waals surface area contributed by atoms with E-state index in [0.29, 0.717) is 6.61 Å². The Balaban J connectivity index is 2.75. The number of hydrogen-bond donors (Lipinski definition) is 0. The summed E-state index contributed by atoms with van der Waals surface area (Å²) in [4.78, 5) is 11.3. The number of allylic oxidation sites excluding steroid dienone is 5. The van der Waals surface area contributed by atoms with Crippen LogP contribution in [0.25, 0.3) is 0 Å². The molecule has 1 rings (SSSR count). The van der Waals surface area contributed by atoms with Gasteiger partial charge in [-0.25, -0.2) is 4.79 Å². The normalized spacial score (nSPS) is 21.9. The molecule has 94 valence electrons. The van der Waals surface area contributed by atoms with E-state index in [1.807, 2.05) is 13.8 Å². The first-order valence-corrected chi connectivity index (χ1v) is 6.38. The fourth-order valence-corrected chi connectivity index (χ4v) is 2.13. The number of rotatable bonds is 3. The maximum atomic E-state index is 11.3. The second kappa shape index (κ2) is 7.10. The molecular weight excluding hydrogens is 212 g/mol. The van der Waals surface area contributed by atoms with Gasteiger partial charge in [-0.3, -0.25) is 0 Å². The highest BCUT2D eigenvalue weighted by atomic mass is 16.5. The van der Waals surface area contributed by atoms with Crippen molar-refractivity contribution in [2.45, 2.75) is 46.5 Å². The van der Waals surface area contributed by atoms with Crippen LogP contribution in [0, 0.1) is 0 Å². The van der Waals surface area contributed by atoms with Crippen LogP contribution in [-0.4, -0.2) is 12.6 Å². The van der Waals surface area contributed by atoms with Crippen molar-refractivity contribution in [3.05, 3.63) is 34.9 Å². The Kier molecular flexibility index (Phi) is 5.75. The van der Waals surface area contributed by atoms with Gasteiger partial charge in [-0.15, -0.1) is 0 Å². The first-order chi connectivity index (χ1) is 8.17. The van der Waals surface area contributed by atoms with Gasteiger partial charge in [-0.2, -0.15) is 0 Å². The topological polar surface area (TPSA) is 26.3 Å². The third kappa shape index (κ3) is 4.59. The van der Waals surface area contributed by atoms with Gasteiger partial charge in [0.1, 0.15) is 0 Å². The molecule has 0 N–H and O–H groups in total. The van der Waals surface area contributed by atoms with E-state index in [1.165, 1.54) is 24.0 Å². The van der Waals surface area contributed by atoms with E-state index < -0.39 is 0 Å². The molecule has 0 saturated heterocycles. The summed E-state index contributed by atoms with van der Waals surface area (Å²) in [5.41, 5.74) is 3.77. The Morgan fingerprint density at radius 3 is 2.53 bits per heavy atom. The molecule has 0 aromatic rings. The lowest BCUT2D eigenvalue weighted by atomic mass is 9.88. The van der Waals surface area contributed by atoms with Crippen molar-refractivity contribution in [1.82, 2.24) is 0 Å². The second-order valence-corrected chi connectivity index (χ2v) is 4.33. The molecular formula is C15H22O2. The summed E-state index contributed by atoms with van der Waals surface area (Å²) in [7, 11) is 0. The fraction of sp³-hybridized carbons (Fsp3) is 0.533. The molecule has 0 unspecified atom stereocenters. The highest BCUT2D eigenvalue weighted by Gasteiger charge is 2.10. The number of carbonyl (C=O) groups excluding carboxylic acids is 1. The van der Waals surface area contributed by atoms with Crippen molar-refractivity contribution in [3.8, 4) is 0 Å². The SMILES string of the molecule is C\C=C1/CCCC/C1=C\C(C)=C\C(=O)OCC. The average Bonchev–Trinajstić information content (AvgIpc) is 2.29. The third-order valence-electron chi connectivity index (χ3n) is 2.94. The van der Waals surface area contributed by atoms with Crippen LogP contribution in [0.2, 0.25) is 0 Å². The lowest BCUT2D eigenvalue weighted by Crippen LogP contribution is -2.01. The van der Waals surface area contributed by atoms with Gasteiger partial charge in [-0.1, -0.05) is 12.2 Å². The molecule has 0 bridgehead atoms. The summed E-state index contributed by atoms with van der Waals surface area (Å²) < 4.78 is 4.90. The molecule has 17 heavy (non-hydrogen) atoms. The zero-order chi connectivity index (χ0) is 12.7. The predicted octanol–water partition coefficient (Wildman–Crippen LogP) is 3.94. The number of hydrogen-bond acceptors (Lipinski definition) is 2. The summed E-state index contributed by atoms with van der Waals surface area (Å²) in [5, 5.41) is 0. The van der Waals surface area contributed by atoms with Crippen LogP contribution >= 0.6 is 0 Å². The van der Waals surface area contributed by atoms with Crippen molar-refractivity contribution in [3.63, 3.8) is 0 Å². The summed E-state index contributed by atoms with van der Waals surface area (Å²) in [6.45, 7) is 6.28. The van der Waals surface area contributed by atoms with Gasteiger partial charge < -0.3 is 4.74 Å².